The lowest BCUT2D eigenvalue weighted by atomic mass is 10.2. The van der Waals surface area contributed by atoms with Crippen molar-refractivity contribution in [3.8, 4) is 5.69 Å². The van der Waals surface area contributed by atoms with Crippen molar-refractivity contribution in [3.05, 3.63) is 75.2 Å². The predicted octanol–water partition coefficient (Wildman–Crippen LogP) is 4.37. The fourth-order valence-electron chi connectivity index (χ4n) is 2.99. The standard InChI is InChI=1S/C21H17ClN4O3S/c1-12-10-18(25-29-12)24-19(27)11-30-21-23-16-8-4-3-6-14(16)20(28)26(21)17-9-5-7-15(22)13(17)2/h3-10H,11H2,1-2H3,(H,24,25,27). The van der Waals surface area contributed by atoms with Gasteiger partial charge in [0.05, 0.1) is 22.3 Å². The zero-order valence-electron chi connectivity index (χ0n) is 16.2. The fraction of sp³-hybridized carbons (Fsp3) is 0.143. The van der Waals surface area contributed by atoms with Crippen molar-refractivity contribution in [2.24, 2.45) is 0 Å². The van der Waals surface area contributed by atoms with Gasteiger partial charge in [-0.1, -0.05) is 46.7 Å². The van der Waals surface area contributed by atoms with Crippen molar-refractivity contribution in [1.82, 2.24) is 14.7 Å². The molecule has 2 aromatic heterocycles. The van der Waals surface area contributed by atoms with Crippen LogP contribution in [0.3, 0.4) is 0 Å². The molecular weight excluding hydrogens is 424 g/mol. The molecule has 0 saturated carbocycles. The maximum Gasteiger partial charge on any atom is 0.266 e. The summed E-state index contributed by atoms with van der Waals surface area (Å²) in [5.41, 5.74) is 1.72. The van der Waals surface area contributed by atoms with Crippen molar-refractivity contribution in [2.45, 2.75) is 19.0 Å². The van der Waals surface area contributed by atoms with Crippen LogP contribution >= 0.6 is 23.4 Å². The van der Waals surface area contributed by atoms with Crippen LogP contribution in [0.4, 0.5) is 5.82 Å². The number of halogens is 1. The second kappa shape index (κ2) is 8.33. The molecule has 0 aliphatic heterocycles. The number of aromatic nitrogens is 3. The lowest BCUT2D eigenvalue weighted by Gasteiger charge is -2.15. The third kappa shape index (κ3) is 3.96. The molecule has 2 aromatic carbocycles. The second-order valence-corrected chi connectivity index (χ2v) is 7.95. The minimum atomic E-state index is -0.287. The predicted molar refractivity (Wildman–Crippen MR) is 118 cm³/mol. The number of nitrogens with one attached hydrogen (secondary N) is 1. The number of carbonyl (C=O) groups excluding carboxylic acids is 1. The molecular formula is C21H17ClN4O3S. The van der Waals surface area contributed by atoms with Crippen LogP contribution in [0, 0.1) is 13.8 Å². The molecule has 0 unspecified atom stereocenters. The molecule has 0 fully saturated rings. The largest absolute Gasteiger partial charge is 0.360 e. The summed E-state index contributed by atoms with van der Waals surface area (Å²) < 4.78 is 6.45. The third-order valence-electron chi connectivity index (χ3n) is 4.45. The summed E-state index contributed by atoms with van der Waals surface area (Å²) in [5, 5.41) is 7.85. The van der Waals surface area contributed by atoms with E-state index < -0.39 is 0 Å². The van der Waals surface area contributed by atoms with Gasteiger partial charge in [0, 0.05) is 11.1 Å². The van der Waals surface area contributed by atoms with Gasteiger partial charge in [-0.25, -0.2) is 4.98 Å². The molecule has 4 rings (SSSR count). The number of thioether (sulfide) groups is 1. The summed E-state index contributed by atoms with van der Waals surface area (Å²) in [5.74, 6) is 0.688. The lowest BCUT2D eigenvalue weighted by Crippen LogP contribution is -2.23. The molecule has 0 spiro atoms. The maximum absolute atomic E-state index is 13.3. The Bertz CT molecular complexity index is 1320. The van der Waals surface area contributed by atoms with Gasteiger partial charge in [0.2, 0.25) is 5.91 Å². The first-order chi connectivity index (χ1) is 14.4. The van der Waals surface area contributed by atoms with E-state index in [1.54, 1.807) is 49.4 Å². The van der Waals surface area contributed by atoms with Crippen LogP contribution in [0.15, 0.2) is 63.0 Å². The van der Waals surface area contributed by atoms with Crippen LogP contribution in [0.5, 0.6) is 0 Å². The molecule has 1 N–H and O–H groups in total. The number of amides is 1. The van der Waals surface area contributed by atoms with Gasteiger partial charge < -0.3 is 9.84 Å². The number of hydrogen-bond donors (Lipinski definition) is 1. The summed E-state index contributed by atoms with van der Waals surface area (Å²) >= 11 is 7.44. The molecule has 0 radical (unpaired) electrons. The SMILES string of the molecule is Cc1cc(NC(=O)CSc2nc3ccccc3c(=O)n2-c2cccc(Cl)c2C)no1. The summed E-state index contributed by atoms with van der Waals surface area (Å²) in [6, 6.07) is 14.1. The number of benzene rings is 2. The van der Waals surface area contributed by atoms with Crippen LogP contribution in [0.1, 0.15) is 11.3 Å². The first-order valence-electron chi connectivity index (χ1n) is 9.07. The van der Waals surface area contributed by atoms with Crippen molar-refractivity contribution in [1.29, 1.82) is 0 Å². The van der Waals surface area contributed by atoms with Crippen LogP contribution in [0.2, 0.25) is 5.02 Å². The second-order valence-electron chi connectivity index (χ2n) is 6.60. The Kier molecular flexibility index (Phi) is 5.61. The molecule has 152 valence electrons. The number of hydrogen-bond acceptors (Lipinski definition) is 6. The van der Waals surface area contributed by atoms with Gasteiger partial charge in [0.15, 0.2) is 11.0 Å². The first kappa shape index (κ1) is 20.2. The van der Waals surface area contributed by atoms with Crippen molar-refractivity contribution in [3.63, 3.8) is 0 Å². The Labute approximate surface area is 181 Å². The lowest BCUT2D eigenvalue weighted by molar-refractivity contribution is -0.113. The number of carbonyl (C=O) groups is 1. The molecule has 30 heavy (non-hydrogen) atoms. The highest BCUT2D eigenvalue weighted by Crippen LogP contribution is 2.26. The van der Waals surface area contributed by atoms with E-state index in [1.807, 2.05) is 13.0 Å². The Morgan fingerprint density at radius 2 is 2.00 bits per heavy atom. The Morgan fingerprint density at radius 1 is 1.20 bits per heavy atom. The zero-order chi connectivity index (χ0) is 21.3. The van der Waals surface area contributed by atoms with Crippen LogP contribution in [-0.2, 0) is 4.79 Å². The van der Waals surface area contributed by atoms with E-state index in [0.717, 1.165) is 17.3 Å². The average molecular weight is 441 g/mol. The molecule has 0 atom stereocenters. The van der Waals surface area contributed by atoms with Gasteiger partial charge in [-0.2, -0.15) is 0 Å². The van der Waals surface area contributed by atoms with E-state index in [4.69, 9.17) is 16.1 Å². The molecule has 0 aliphatic carbocycles. The number of para-hydroxylation sites is 1. The highest BCUT2D eigenvalue weighted by molar-refractivity contribution is 7.99. The van der Waals surface area contributed by atoms with Crippen molar-refractivity contribution >= 4 is 46.0 Å². The number of anilines is 1. The highest BCUT2D eigenvalue weighted by atomic mass is 35.5. The fourth-order valence-corrected chi connectivity index (χ4v) is 3.97. The topological polar surface area (TPSA) is 90.0 Å². The van der Waals surface area contributed by atoms with Gasteiger partial charge in [-0.15, -0.1) is 0 Å². The molecule has 9 heteroatoms. The van der Waals surface area contributed by atoms with E-state index in [2.05, 4.69) is 15.5 Å². The van der Waals surface area contributed by atoms with E-state index in [-0.39, 0.29) is 17.2 Å². The Hall–Kier alpha value is -3.10. The maximum atomic E-state index is 13.3. The number of nitrogens with zero attached hydrogens (tertiary/aromatic N) is 3. The smallest absolute Gasteiger partial charge is 0.266 e. The third-order valence-corrected chi connectivity index (χ3v) is 5.80. The normalized spacial score (nSPS) is 11.0. The molecule has 7 nitrogen and oxygen atoms in total. The van der Waals surface area contributed by atoms with Gasteiger partial charge in [-0.3, -0.25) is 14.2 Å². The van der Waals surface area contributed by atoms with E-state index in [0.29, 0.717) is 38.3 Å². The number of aryl methyl sites for hydroxylation is 1. The minimum absolute atomic E-state index is 0.0380. The molecule has 4 aromatic rings. The van der Waals surface area contributed by atoms with Crippen LogP contribution < -0.4 is 10.9 Å². The summed E-state index contributed by atoms with van der Waals surface area (Å²) in [6.07, 6.45) is 0. The minimum Gasteiger partial charge on any atom is -0.360 e. The Morgan fingerprint density at radius 3 is 2.77 bits per heavy atom. The molecule has 0 aliphatic rings. The highest BCUT2D eigenvalue weighted by Gasteiger charge is 2.17. The molecule has 0 bridgehead atoms. The van der Waals surface area contributed by atoms with Gasteiger partial charge in [0.25, 0.3) is 5.56 Å². The average Bonchev–Trinajstić information content (AvgIpc) is 3.13. The van der Waals surface area contributed by atoms with Crippen LogP contribution in [0.25, 0.3) is 16.6 Å². The van der Waals surface area contributed by atoms with Gasteiger partial charge in [-0.05, 0) is 43.7 Å². The summed E-state index contributed by atoms with van der Waals surface area (Å²) in [6.45, 7) is 3.58. The van der Waals surface area contributed by atoms with Crippen LogP contribution in [-0.4, -0.2) is 26.4 Å². The summed E-state index contributed by atoms with van der Waals surface area (Å²) in [7, 11) is 0. The molecule has 1 amide bonds. The number of rotatable bonds is 5. The van der Waals surface area contributed by atoms with Gasteiger partial charge in [0.1, 0.15) is 5.76 Å². The number of fused-ring (bicyclic) bond motifs is 1. The van der Waals surface area contributed by atoms with Crippen molar-refractivity contribution < 1.29 is 9.32 Å². The van der Waals surface area contributed by atoms with Gasteiger partial charge >= 0.3 is 0 Å². The van der Waals surface area contributed by atoms with Crippen molar-refractivity contribution in [2.75, 3.05) is 11.1 Å². The van der Waals surface area contributed by atoms with E-state index >= 15 is 0 Å². The van der Waals surface area contributed by atoms with E-state index in [1.165, 1.54) is 4.57 Å². The zero-order valence-corrected chi connectivity index (χ0v) is 17.8. The molecule has 2 heterocycles. The Balaban J connectivity index is 1.73. The summed E-state index contributed by atoms with van der Waals surface area (Å²) in [4.78, 5) is 30.3. The molecule has 0 saturated heterocycles. The van der Waals surface area contributed by atoms with E-state index in [9.17, 15) is 9.59 Å². The quantitative estimate of drug-likeness (QED) is 0.366. The first-order valence-corrected chi connectivity index (χ1v) is 10.4. The monoisotopic (exact) mass is 440 g/mol.